The van der Waals surface area contributed by atoms with Crippen molar-refractivity contribution in [1.82, 2.24) is 9.55 Å². The van der Waals surface area contributed by atoms with Crippen LogP contribution in [0.15, 0.2) is 35.8 Å². The summed E-state index contributed by atoms with van der Waals surface area (Å²) in [6.45, 7) is 5.15. The lowest BCUT2D eigenvalue weighted by Gasteiger charge is -2.02. The third-order valence-electron chi connectivity index (χ3n) is 3.44. The molecule has 0 saturated carbocycles. The summed E-state index contributed by atoms with van der Waals surface area (Å²) in [5.41, 5.74) is 3.21. The Balaban J connectivity index is 1.97. The highest BCUT2D eigenvalue weighted by Crippen LogP contribution is 2.24. The predicted octanol–water partition coefficient (Wildman–Crippen LogP) is 3.76. The molecule has 0 radical (unpaired) electrons. The minimum atomic E-state index is 0.0713. The lowest BCUT2D eigenvalue weighted by Crippen LogP contribution is -1.99. The molecule has 0 unspecified atom stereocenters. The molecule has 0 aliphatic rings. The van der Waals surface area contributed by atoms with Crippen molar-refractivity contribution in [2.75, 3.05) is 0 Å². The van der Waals surface area contributed by atoms with Gasteiger partial charge in [0.25, 0.3) is 0 Å². The van der Waals surface area contributed by atoms with Gasteiger partial charge in [-0.2, -0.15) is 0 Å². The molecule has 0 spiro atoms. The van der Waals surface area contributed by atoms with E-state index in [1.807, 2.05) is 18.3 Å². The number of aromatic nitrogens is 2. The number of fused-ring (bicyclic) bond motifs is 1. The second-order valence-corrected chi connectivity index (χ2v) is 6.18. The number of aliphatic hydroxyl groups excluding tert-OH is 1. The third kappa shape index (κ3) is 2.37. The van der Waals surface area contributed by atoms with Crippen molar-refractivity contribution in [3.63, 3.8) is 0 Å². The average molecular weight is 286 g/mol. The molecule has 4 heteroatoms. The van der Waals surface area contributed by atoms with Crippen LogP contribution in [0.3, 0.4) is 0 Å². The summed E-state index contributed by atoms with van der Waals surface area (Å²) in [4.78, 5) is 4.68. The van der Waals surface area contributed by atoms with Gasteiger partial charge in [0.1, 0.15) is 0 Å². The summed E-state index contributed by atoms with van der Waals surface area (Å²) in [5, 5.41) is 13.9. The van der Waals surface area contributed by atoms with Gasteiger partial charge < -0.3 is 9.67 Å². The molecule has 1 aromatic carbocycles. The van der Waals surface area contributed by atoms with Gasteiger partial charge in [0.2, 0.25) is 0 Å². The first-order chi connectivity index (χ1) is 9.69. The van der Waals surface area contributed by atoms with Crippen LogP contribution in [0, 0.1) is 0 Å². The van der Waals surface area contributed by atoms with Crippen molar-refractivity contribution in [3.05, 3.63) is 52.1 Å². The molecular weight excluding hydrogens is 268 g/mol. The normalized spacial score (nSPS) is 11.6. The number of hydrogen-bond acceptors (Lipinski definition) is 3. The number of thiazole rings is 1. The van der Waals surface area contributed by atoms with Gasteiger partial charge in [-0.3, -0.25) is 0 Å². The van der Waals surface area contributed by atoms with E-state index in [1.54, 1.807) is 11.3 Å². The average Bonchev–Trinajstić information content (AvgIpc) is 3.05. The van der Waals surface area contributed by atoms with Gasteiger partial charge in [0, 0.05) is 34.0 Å². The van der Waals surface area contributed by atoms with Crippen molar-refractivity contribution in [2.24, 2.45) is 0 Å². The number of hydrogen-bond donors (Lipinski definition) is 1. The van der Waals surface area contributed by atoms with E-state index in [-0.39, 0.29) is 6.61 Å². The molecule has 104 valence electrons. The van der Waals surface area contributed by atoms with Crippen LogP contribution in [-0.4, -0.2) is 14.7 Å². The maximum absolute atomic E-state index is 9.47. The van der Waals surface area contributed by atoms with Gasteiger partial charge in [-0.1, -0.05) is 32.0 Å². The first-order valence-corrected chi connectivity index (χ1v) is 7.69. The quantitative estimate of drug-likeness (QED) is 0.793. The van der Waals surface area contributed by atoms with Gasteiger partial charge >= 0.3 is 0 Å². The first kappa shape index (κ1) is 13.3. The smallest absolute Gasteiger partial charge is 0.0954 e. The summed E-state index contributed by atoms with van der Waals surface area (Å²) >= 11 is 1.72. The summed E-state index contributed by atoms with van der Waals surface area (Å²) < 4.78 is 2.17. The van der Waals surface area contributed by atoms with Crippen molar-refractivity contribution >= 4 is 22.2 Å². The lowest BCUT2D eigenvalue weighted by atomic mass is 10.2. The van der Waals surface area contributed by atoms with E-state index in [1.165, 1.54) is 5.01 Å². The van der Waals surface area contributed by atoms with Crippen molar-refractivity contribution in [2.45, 2.75) is 32.9 Å². The minimum Gasteiger partial charge on any atom is -0.392 e. The highest BCUT2D eigenvalue weighted by molar-refractivity contribution is 7.09. The molecule has 0 aliphatic heterocycles. The fourth-order valence-electron chi connectivity index (χ4n) is 2.41. The zero-order valence-electron chi connectivity index (χ0n) is 11.7. The van der Waals surface area contributed by atoms with E-state index in [9.17, 15) is 5.11 Å². The van der Waals surface area contributed by atoms with E-state index in [0.29, 0.717) is 5.92 Å². The van der Waals surface area contributed by atoms with Gasteiger partial charge in [0.15, 0.2) is 0 Å². The Morgan fingerprint density at radius 2 is 2.10 bits per heavy atom. The summed E-state index contributed by atoms with van der Waals surface area (Å²) in [7, 11) is 0. The van der Waals surface area contributed by atoms with Crippen LogP contribution in [0.25, 0.3) is 10.9 Å². The standard InChI is InChI=1S/C16H18N2OS/c1-11(2)16-17-13(10-20-16)8-18-7-12(9-19)14-5-3-4-6-15(14)18/h3-7,10-11,19H,8-9H2,1-2H3. The molecule has 2 heterocycles. The fourth-order valence-corrected chi connectivity index (χ4v) is 3.24. The predicted molar refractivity (Wildman–Crippen MR) is 83.2 cm³/mol. The molecule has 3 rings (SSSR count). The Morgan fingerprint density at radius 3 is 2.80 bits per heavy atom. The van der Waals surface area contributed by atoms with Crippen LogP contribution in [0.2, 0.25) is 0 Å². The summed E-state index contributed by atoms with van der Waals surface area (Å²) in [6, 6.07) is 8.17. The Kier molecular flexibility index (Phi) is 3.59. The Hall–Kier alpha value is -1.65. The van der Waals surface area contributed by atoms with E-state index >= 15 is 0 Å². The zero-order chi connectivity index (χ0) is 14.1. The maximum Gasteiger partial charge on any atom is 0.0954 e. The summed E-state index contributed by atoms with van der Waals surface area (Å²) in [6.07, 6.45) is 2.03. The molecule has 3 nitrogen and oxygen atoms in total. The van der Waals surface area contributed by atoms with Crippen molar-refractivity contribution < 1.29 is 5.11 Å². The topological polar surface area (TPSA) is 38.0 Å². The van der Waals surface area contributed by atoms with E-state index in [4.69, 9.17) is 0 Å². The number of aliphatic hydroxyl groups is 1. The molecule has 0 saturated heterocycles. The van der Waals surface area contributed by atoms with Crippen LogP contribution in [-0.2, 0) is 13.2 Å². The van der Waals surface area contributed by atoms with Gasteiger partial charge in [-0.15, -0.1) is 11.3 Å². The fraction of sp³-hybridized carbons (Fsp3) is 0.312. The van der Waals surface area contributed by atoms with Crippen molar-refractivity contribution in [1.29, 1.82) is 0 Å². The van der Waals surface area contributed by atoms with Gasteiger partial charge in [-0.05, 0) is 6.07 Å². The largest absolute Gasteiger partial charge is 0.392 e. The first-order valence-electron chi connectivity index (χ1n) is 6.81. The van der Waals surface area contributed by atoms with Gasteiger partial charge in [-0.25, -0.2) is 4.98 Å². The molecular formula is C16H18N2OS. The molecule has 0 aliphatic carbocycles. The van der Waals surface area contributed by atoms with Crippen LogP contribution >= 0.6 is 11.3 Å². The second kappa shape index (κ2) is 5.38. The minimum absolute atomic E-state index is 0.0713. The number of nitrogens with zero attached hydrogens (tertiary/aromatic N) is 2. The Morgan fingerprint density at radius 1 is 1.30 bits per heavy atom. The van der Waals surface area contributed by atoms with Crippen LogP contribution in [0.1, 0.15) is 36.0 Å². The molecule has 20 heavy (non-hydrogen) atoms. The van der Waals surface area contributed by atoms with Crippen LogP contribution < -0.4 is 0 Å². The Labute approximate surface area is 122 Å². The molecule has 0 fully saturated rings. The van der Waals surface area contributed by atoms with E-state index in [2.05, 4.69) is 40.9 Å². The molecule has 0 bridgehead atoms. The SMILES string of the molecule is CC(C)c1nc(Cn2cc(CO)c3ccccc32)cs1. The molecule has 0 amide bonds. The number of rotatable bonds is 4. The third-order valence-corrected chi connectivity index (χ3v) is 4.63. The van der Waals surface area contributed by atoms with E-state index < -0.39 is 0 Å². The highest BCUT2D eigenvalue weighted by Gasteiger charge is 2.10. The number of para-hydroxylation sites is 1. The van der Waals surface area contributed by atoms with Crippen LogP contribution in [0.5, 0.6) is 0 Å². The lowest BCUT2D eigenvalue weighted by molar-refractivity contribution is 0.283. The number of benzene rings is 1. The molecule has 1 N–H and O–H groups in total. The molecule has 0 atom stereocenters. The second-order valence-electron chi connectivity index (χ2n) is 5.29. The highest BCUT2D eigenvalue weighted by atomic mass is 32.1. The Bertz CT molecular complexity index is 727. The monoisotopic (exact) mass is 286 g/mol. The maximum atomic E-state index is 9.47. The van der Waals surface area contributed by atoms with Gasteiger partial charge in [0.05, 0.1) is 23.9 Å². The zero-order valence-corrected chi connectivity index (χ0v) is 12.5. The van der Waals surface area contributed by atoms with E-state index in [0.717, 1.165) is 28.7 Å². The summed E-state index contributed by atoms with van der Waals surface area (Å²) in [5.74, 6) is 0.475. The molecule has 2 aromatic heterocycles. The van der Waals surface area contributed by atoms with Crippen LogP contribution in [0.4, 0.5) is 0 Å². The van der Waals surface area contributed by atoms with Crippen molar-refractivity contribution in [3.8, 4) is 0 Å². The molecule has 3 aromatic rings.